The summed E-state index contributed by atoms with van der Waals surface area (Å²) in [6.45, 7) is 8.94. The lowest BCUT2D eigenvalue weighted by atomic mass is 9.80. The molecule has 1 aromatic carbocycles. The van der Waals surface area contributed by atoms with Crippen molar-refractivity contribution in [2.45, 2.75) is 45.6 Å². The molecule has 2 atom stereocenters. The third-order valence-electron chi connectivity index (χ3n) is 7.67. The van der Waals surface area contributed by atoms with Gasteiger partial charge in [0.25, 0.3) is 0 Å². The predicted molar refractivity (Wildman–Crippen MR) is 142 cm³/mol. The Labute approximate surface area is 221 Å². The third-order valence-corrected chi connectivity index (χ3v) is 8.23. The minimum absolute atomic E-state index is 0.104. The number of rotatable bonds is 8. The molecule has 4 heterocycles. The molecule has 8 nitrogen and oxygen atoms in total. The van der Waals surface area contributed by atoms with E-state index < -0.39 is 5.97 Å². The van der Waals surface area contributed by atoms with Gasteiger partial charge in [-0.15, -0.1) is 0 Å². The lowest BCUT2D eigenvalue weighted by Gasteiger charge is -2.46. The van der Waals surface area contributed by atoms with Gasteiger partial charge in [-0.1, -0.05) is 29.3 Å². The summed E-state index contributed by atoms with van der Waals surface area (Å²) in [5.74, 6) is 1.29. The number of piperidine rings is 1. The van der Waals surface area contributed by atoms with Crippen molar-refractivity contribution in [3.05, 3.63) is 45.7 Å². The molecule has 192 valence electrons. The number of likely N-dealkylation sites (tertiary alicyclic amines) is 1. The number of benzene rings is 1. The summed E-state index contributed by atoms with van der Waals surface area (Å²) in [5, 5.41) is 15.8. The average Bonchev–Trinajstić information content (AvgIpc) is 3.14. The van der Waals surface area contributed by atoms with Crippen LogP contribution in [0.25, 0.3) is 11.0 Å². The van der Waals surface area contributed by atoms with E-state index in [-0.39, 0.29) is 12.5 Å². The highest BCUT2D eigenvalue weighted by molar-refractivity contribution is 6.35. The summed E-state index contributed by atoms with van der Waals surface area (Å²) in [6, 6.07) is 5.44. The van der Waals surface area contributed by atoms with E-state index >= 15 is 0 Å². The van der Waals surface area contributed by atoms with Crippen LogP contribution in [0.2, 0.25) is 10.0 Å². The monoisotopic (exact) mass is 530 g/mol. The maximum atomic E-state index is 10.8. The molecule has 2 aliphatic heterocycles. The van der Waals surface area contributed by atoms with E-state index in [1.165, 1.54) is 12.8 Å². The maximum absolute atomic E-state index is 10.8. The number of nitrogens with zero attached hydrogens (tertiary/aromatic N) is 6. The van der Waals surface area contributed by atoms with Gasteiger partial charge >= 0.3 is 5.97 Å². The number of carboxylic acids is 1. The number of aromatic nitrogens is 4. The summed E-state index contributed by atoms with van der Waals surface area (Å²) in [5.41, 5.74) is 2.64. The van der Waals surface area contributed by atoms with Gasteiger partial charge in [-0.3, -0.25) is 4.79 Å². The van der Waals surface area contributed by atoms with Gasteiger partial charge in [0.05, 0.1) is 17.1 Å². The van der Waals surface area contributed by atoms with Crippen LogP contribution in [0, 0.1) is 18.8 Å². The van der Waals surface area contributed by atoms with Crippen LogP contribution in [-0.2, 0) is 4.79 Å². The molecule has 5 rings (SSSR count). The van der Waals surface area contributed by atoms with E-state index in [4.69, 9.17) is 38.4 Å². The molecule has 0 radical (unpaired) electrons. The molecule has 0 aliphatic carbocycles. The van der Waals surface area contributed by atoms with Crippen molar-refractivity contribution in [2.75, 3.05) is 37.6 Å². The quantitative estimate of drug-likeness (QED) is 0.435. The van der Waals surface area contributed by atoms with Gasteiger partial charge < -0.3 is 14.9 Å². The van der Waals surface area contributed by atoms with Gasteiger partial charge in [-0.05, 0) is 75.7 Å². The van der Waals surface area contributed by atoms with Crippen LogP contribution in [-0.4, -0.2) is 68.4 Å². The van der Waals surface area contributed by atoms with Crippen molar-refractivity contribution in [1.82, 2.24) is 24.6 Å². The van der Waals surface area contributed by atoms with Crippen LogP contribution < -0.4 is 4.90 Å². The summed E-state index contributed by atoms with van der Waals surface area (Å²) in [7, 11) is 0. The zero-order valence-corrected chi connectivity index (χ0v) is 22.2. The highest BCUT2D eigenvalue weighted by Crippen LogP contribution is 2.34. The molecule has 2 aliphatic rings. The number of aliphatic carboxylic acids is 1. The Hall–Kier alpha value is -2.42. The van der Waals surface area contributed by atoms with Gasteiger partial charge in [-0.2, -0.15) is 10.1 Å². The maximum Gasteiger partial charge on any atom is 0.303 e. The largest absolute Gasteiger partial charge is 0.481 e. The van der Waals surface area contributed by atoms with E-state index in [9.17, 15) is 4.79 Å². The van der Waals surface area contributed by atoms with Gasteiger partial charge in [0.15, 0.2) is 5.65 Å². The van der Waals surface area contributed by atoms with E-state index in [0.717, 1.165) is 67.4 Å². The van der Waals surface area contributed by atoms with Crippen molar-refractivity contribution in [2.24, 2.45) is 11.8 Å². The number of halogens is 2. The molecule has 0 unspecified atom stereocenters. The first-order valence-corrected chi connectivity index (χ1v) is 13.4. The summed E-state index contributed by atoms with van der Waals surface area (Å²) in [6.07, 6.45) is 5.26. The van der Waals surface area contributed by atoms with E-state index in [2.05, 4.69) is 21.7 Å². The fraction of sp³-hybridized carbons (Fsp3) is 0.538. The zero-order chi connectivity index (χ0) is 25.4. The van der Waals surface area contributed by atoms with Crippen molar-refractivity contribution in [1.29, 1.82) is 0 Å². The highest BCUT2D eigenvalue weighted by atomic mass is 35.5. The Kier molecular flexibility index (Phi) is 7.37. The number of aryl methyl sites for hydroxylation is 1. The number of hydrogen-bond acceptors (Lipinski definition) is 6. The molecule has 2 saturated heterocycles. The van der Waals surface area contributed by atoms with Crippen molar-refractivity contribution < 1.29 is 9.90 Å². The second kappa shape index (κ2) is 10.5. The van der Waals surface area contributed by atoms with Gasteiger partial charge in [0.2, 0.25) is 5.95 Å². The molecule has 2 aromatic heterocycles. The van der Waals surface area contributed by atoms with E-state index in [1.54, 1.807) is 6.07 Å². The smallest absolute Gasteiger partial charge is 0.303 e. The van der Waals surface area contributed by atoms with Crippen molar-refractivity contribution in [3.8, 4) is 0 Å². The van der Waals surface area contributed by atoms with Crippen LogP contribution in [0.15, 0.2) is 24.4 Å². The second-order valence-corrected chi connectivity index (χ2v) is 11.0. The van der Waals surface area contributed by atoms with E-state index in [1.807, 2.05) is 29.9 Å². The summed E-state index contributed by atoms with van der Waals surface area (Å²) in [4.78, 5) is 25.1. The standard InChI is InChI=1S/C26H32Cl2N6O2/c1-16-22-12-29-26(30-25(22)34(31-16)17(2)21-8-7-20(27)11-23(21)28)33-14-19(15-33)18-5-3-9-32(13-18)10-4-6-24(35)36/h7-8,11-12,17-19H,3-6,9-10,13-15H2,1-2H3,(H,35,36)/t17-,18-/m1/s1. The molecular formula is C26H32Cl2N6O2. The van der Waals surface area contributed by atoms with Crippen molar-refractivity contribution >= 4 is 46.2 Å². The lowest BCUT2D eigenvalue weighted by Crippen LogP contribution is -2.54. The molecule has 3 aromatic rings. The molecule has 2 fully saturated rings. The SMILES string of the molecule is Cc1nn([C@H](C)c2ccc(Cl)cc2Cl)c2nc(N3CC([C@@H]4CCCN(CCCC(=O)O)C4)C3)ncc12. The number of carbonyl (C=O) groups is 1. The number of carboxylic acid groups (broad SMARTS) is 1. The van der Waals surface area contributed by atoms with Gasteiger partial charge in [0.1, 0.15) is 0 Å². The third kappa shape index (κ3) is 5.17. The molecular weight excluding hydrogens is 499 g/mol. The Bertz CT molecular complexity index is 1260. The first-order valence-electron chi connectivity index (χ1n) is 12.7. The fourth-order valence-electron chi connectivity index (χ4n) is 5.56. The molecule has 0 bridgehead atoms. The predicted octanol–water partition coefficient (Wildman–Crippen LogP) is 5.06. The first-order chi connectivity index (χ1) is 17.3. The minimum Gasteiger partial charge on any atom is -0.481 e. The Morgan fingerprint density at radius 1 is 1.22 bits per heavy atom. The average molecular weight is 531 g/mol. The Morgan fingerprint density at radius 3 is 2.78 bits per heavy atom. The van der Waals surface area contributed by atoms with Crippen LogP contribution >= 0.6 is 23.2 Å². The highest BCUT2D eigenvalue weighted by Gasteiger charge is 2.37. The van der Waals surface area contributed by atoms with Gasteiger partial charge in [0, 0.05) is 42.3 Å². The minimum atomic E-state index is -0.711. The fourth-order valence-corrected chi connectivity index (χ4v) is 6.12. The van der Waals surface area contributed by atoms with Crippen molar-refractivity contribution in [3.63, 3.8) is 0 Å². The topological polar surface area (TPSA) is 87.4 Å². The van der Waals surface area contributed by atoms with E-state index in [0.29, 0.717) is 21.9 Å². The summed E-state index contributed by atoms with van der Waals surface area (Å²) < 4.78 is 1.93. The molecule has 10 heteroatoms. The van der Waals surface area contributed by atoms with Crippen LogP contribution in [0.1, 0.15) is 49.9 Å². The van der Waals surface area contributed by atoms with Crippen LogP contribution in [0.3, 0.4) is 0 Å². The zero-order valence-electron chi connectivity index (χ0n) is 20.7. The number of anilines is 1. The Morgan fingerprint density at radius 2 is 2.03 bits per heavy atom. The molecule has 0 spiro atoms. The van der Waals surface area contributed by atoms with Crippen LogP contribution in [0.5, 0.6) is 0 Å². The van der Waals surface area contributed by atoms with Gasteiger partial charge in [-0.25, -0.2) is 9.67 Å². The molecule has 36 heavy (non-hydrogen) atoms. The number of hydrogen-bond donors (Lipinski definition) is 1. The molecule has 0 amide bonds. The van der Waals surface area contributed by atoms with Crippen LogP contribution in [0.4, 0.5) is 5.95 Å². The number of fused-ring (bicyclic) bond motifs is 1. The lowest BCUT2D eigenvalue weighted by molar-refractivity contribution is -0.137. The Balaban J connectivity index is 1.27. The first kappa shape index (κ1) is 25.2. The normalized spacial score (nSPS) is 20.0. The second-order valence-electron chi connectivity index (χ2n) is 10.1. The summed E-state index contributed by atoms with van der Waals surface area (Å²) >= 11 is 12.6. The molecule has 1 N–H and O–H groups in total. The molecule has 0 saturated carbocycles.